The highest BCUT2D eigenvalue weighted by Crippen LogP contribution is 2.40. The number of ether oxygens (including phenoxy) is 1. The van der Waals surface area contributed by atoms with E-state index in [1.165, 1.54) is 16.4 Å². The van der Waals surface area contributed by atoms with Crippen LogP contribution in [0.15, 0.2) is 66.1 Å². The van der Waals surface area contributed by atoms with Crippen LogP contribution in [0.3, 0.4) is 0 Å². The van der Waals surface area contributed by atoms with Crippen molar-refractivity contribution >= 4 is 28.6 Å². The summed E-state index contributed by atoms with van der Waals surface area (Å²) in [5.41, 5.74) is 1.90. The van der Waals surface area contributed by atoms with Crippen LogP contribution < -0.4 is 10.9 Å². The van der Waals surface area contributed by atoms with Gasteiger partial charge in [0.15, 0.2) is 11.5 Å². The van der Waals surface area contributed by atoms with Crippen molar-refractivity contribution in [2.24, 2.45) is 5.92 Å². The Balaban J connectivity index is 1.25. The quantitative estimate of drug-likeness (QED) is 0.211. The molecule has 3 heterocycles. The first-order valence-corrected chi connectivity index (χ1v) is 14.7. The minimum atomic E-state index is -0.934. The first-order valence-electron chi connectivity index (χ1n) is 14.7. The molecule has 0 aliphatic heterocycles. The van der Waals surface area contributed by atoms with E-state index in [-0.39, 0.29) is 24.0 Å². The van der Waals surface area contributed by atoms with Crippen LogP contribution in [0.1, 0.15) is 69.0 Å². The number of aliphatic hydroxyl groups is 1. The molecular weight excluding hydrogens is 532 g/mol. The van der Waals surface area contributed by atoms with Crippen LogP contribution in [0, 0.1) is 5.92 Å². The average molecular weight is 569 g/mol. The lowest BCUT2D eigenvalue weighted by atomic mass is 9.77. The summed E-state index contributed by atoms with van der Waals surface area (Å²) >= 11 is 0. The monoisotopic (exact) mass is 568 g/mol. The number of rotatable bonds is 9. The standard InChI is InChI=1S/C32H36N6O4/c1-3-19-37-29(39)25-20-33-31(36-28(25)38(37)27-8-5-7-26(35-27)32(41)17-6-18-32)34-24-15-13-22(14-16-24)21-9-11-23(12-10-21)30(40)42-4-2/h3,5,7-8,13-16,20-21,23,41H,1,4,6,9-12,17-19H2,2H3,(H,33,34,36). The van der Waals surface area contributed by atoms with Gasteiger partial charge >= 0.3 is 5.97 Å². The Bertz CT molecular complexity index is 1660. The molecule has 4 aromatic rings. The molecule has 0 unspecified atom stereocenters. The van der Waals surface area contributed by atoms with Crippen LogP contribution in [0.25, 0.3) is 16.9 Å². The van der Waals surface area contributed by atoms with E-state index in [1.807, 2.05) is 31.2 Å². The van der Waals surface area contributed by atoms with Crippen LogP contribution in [0.2, 0.25) is 0 Å². The molecule has 2 aliphatic rings. The molecule has 2 saturated carbocycles. The number of hydrogen-bond donors (Lipinski definition) is 2. The number of anilines is 2. The van der Waals surface area contributed by atoms with Crippen molar-refractivity contribution in [1.82, 2.24) is 24.3 Å². The number of benzene rings is 1. The number of pyridine rings is 1. The zero-order valence-corrected chi connectivity index (χ0v) is 23.8. The predicted molar refractivity (Wildman–Crippen MR) is 160 cm³/mol. The lowest BCUT2D eigenvalue weighted by Gasteiger charge is -2.36. The van der Waals surface area contributed by atoms with E-state index < -0.39 is 5.60 Å². The van der Waals surface area contributed by atoms with Crippen molar-refractivity contribution in [1.29, 1.82) is 0 Å². The highest BCUT2D eigenvalue weighted by Gasteiger charge is 2.38. The van der Waals surface area contributed by atoms with Gasteiger partial charge in [0.1, 0.15) is 11.0 Å². The molecule has 0 atom stereocenters. The summed E-state index contributed by atoms with van der Waals surface area (Å²) in [6.45, 7) is 6.35. The highest BCUT2D eigenvalue weighted by atomic mass is 16.5. The zero-order valence-electron chi connectivity index (χ0n) is 23.8. The Kier molecular flexibility index (Phi) is 7.64. The van der Waals surface area contributed by atoms with Gasteiger partial charge in [-0.25, -0.2) is 19.3 Å². The van der Waals surface area contributed by atoms with E-state index in [9.17, 15) is 14.7 Å². The fourth-order valence-corrected chi connectivity index (χ4v) is 6.07. The summed E-state index contributed by atoms with van der Waals surface area (Å²) in [7, 11) is 0. The first-order chi connectivity index (χ1) is 20.4. The van der Waals surface area contributed by atoms with Gasteiger partial charge in [-0.05, 0) is 87.6 Å². The highest BCUT2D eigenvalue weighted by molar-refractivity contribution is 5.77. The Morgan fingerprint density at radius 2 is 1.90 bits per heavy atom. The van der Waals surface area contributed by atoms with E-state index in [0.29, 0.717) is 53.9 Å². The minimum absolute atomic E-state index is 0.00795. The third-order valence-corrected chi connectivity index (χ3v) is 8.57. The Hall–Kier alpha value is -4.31. The smallest absolute Gasteiger partial charge is 0.308 e. The fraction of sp³-hybridized carbons (Fsp3) is 0.406. The molecule has 42 heavy (non-hydrogen) atoms. The molecule has 1 aromatic carbocycles. The summed E-state index contributed by atoms with van der Waals surface area (Å²) in [6.07, 6.45) is 9.08. The molecular formula is C32H36N6O4. The van der Waals surface area contributed by atoms with Gasteiger partial charge in [0.05, 0.1) is 24.8 Å². The van der Waals surface area contributed by atoms with Gasteiger partial charge in [-0.2, -0.15) is 4.98 Å². The first kappa shape index (κ1) is 27.8. The van der Waals surface area contributed by atoms with E-state index in [2.05, 4.69) is 29.0 Å². The third-order valence-electron chi connectivity index (χ3n) is 8.57. The van der Waals surface area contributed by atoms with Crippen LogP contribution in [0.5, 0.6) is 0 Å². The van der Waals surface area contributed by atoms with E-state index in [4.69, 9.17) is 14.7 Å². The molecule has 6 rings (SSSR count). The minimum Gasteiger partial charge on any atom is -0.466 e. The maximum atomic E-state index is 13.3. The lowest BCUT2D eigenvalue weighted by molar-refractivity contribution is -0.149. The topological polar surface area (TPSA) is 124 Å². The van der Waals surface area contributed by atoms with Crippen molar-refractivity contribution in [2.45, 2.75) is 69.9 Å². The number of hydrogen-bond acceptors (Lipinski definition) is 8. The maximum Gasteiger partial charge on any atom is 0.308 e. The van der Waals surface area contributed by atoms with Gasteiger partial charge in [-0.3, -0.25) is 9.59 Å². The fourth-order valence-electron chi connectivity index (χ4n) is 6.07. The van der Waals surface area contributed by atoms with Gasteiger partial charge in [0, 0.05) is 11.9 Å². The molecule has 10 heteroatoms. The summed E-state index contributed by atoms with van der Waals surface area (Å²) in [5.74, 6) is 1.19. The van der Waals surface area contributed by atoms with Crippen LogP contribution in [-0.4, -0.2) is 42.0 Å². The number of allylic oxidation sites excluding steroid dienone is 1. The number of aromatic nitrogens is 5. The second-order valence-corrected chi connectivity index (χ2v) is 11.2. The number of fused-ring (bicyclic) bond motifs is 1. The molecule has 0 spiro atoms. The summed E-state index contributed by atoms with van der Waals surface area (Å²) in [5, 5.41) is 14.5. The Morgan fingerprint density at radius 1 is 1.14 bits per heavy atom. The molecule has 2 fully saturated rings. The van der Waals surface area contributed by atoms with E-state index in [0.717, 1.165) is 37.8 Å². The normalized spacial score (nSPS) is 19.7. The second-order valence-electron chi connectivity index (χ2n) is 11.2. The van der Waals surface area contributed by atoms with Gasteiger partial charge < -0.3 is 15.2 Å². The maximum absolute atomic E-state index is 13.3. The van der Waals surface area contributed by atoms with Crippen molar-refractivity contribution in [3.05, 3.63) is 82.9 Å². The number of esters is 1. The SMILES string of the molecule is C=CCn1c(=O)c2cnc(Nc3ccc(C4CCC(C(=O)OCC)CC4)cc3)nc2n1-c1cccc(C2(O)CCC2)n1. The number of carbonyl (C=O) groups is 1. The van der Waals surface area contributed by atoms with Crippen LogP contribution in [0.4, 0.5) is 11.6 Å². The Morgan fingerprint density at radius 3 is 2.57 bits per heavy atom. The van der Waals surface area contributed by atoms with E-state index in [1.54, 1.807) is 16.8 Å². The zero-order chi connectivity index (χ0) is 29.3. The van der Waals surface area contributed by atoms with E-state index >= 15 is 0 Å². The van der Waals surface area contributed by atoms with Gasteiger partial charge in [0.25, 0.3) is 5.56 Å². The number of nitrogens with one attached hydrogen (secondary N) is 1. The van der Waals surface area contributed by atoms with Crippen molar-refractivity contribution < 1.29 is 14.6 Å². The largest absolute Gasteiger partial charge is 0.466 e. The van der Waals surface area contributed by atoms with Gasteiger partial charge in [0.2, 0.25) is 5.95 Å². The lowest BCUT2D eigenvalue weighted by Crippen LogP contribution is -2.35. The third kappa shape index (κ3) is 5.22. The summed E-state index contributed by atoms with van der Waals surface area (Å²) < 4.78 is 8.40. The Labute approximate surface area is 244 Å². The molecule has 0 radical (unpaired) electrons. The molecule has 0 amide bonds. The summed E-state index contributed by atoms with van der Waals surface area (Å²) in [6, 6.07) is 13.7. The predicted octanol–water partition coefficient (Wildman–Crippen LogP) is 5.12. The van der Waals surface area contributed by atoms with Crippen molar-refractivity contribution in [3.8, 4) is 5.82 Å². The molecule has 0 bridgehead atoms. The summed E-state index contributed by atoms with van der Waals surface area (Å²) in [4.78, 5) is 39.3. The number of carbonyl (C=O) groups excluding carboxylic acids is 1. The molecule has 2 N–H and O–H groups in total. The molecule has 2 aliphatic carbocycles. The van der Waals surface area contributed by atoms with Crippen LogP contribution in [-0.2, 0) is 21.7 Å². The van der Waals surface area contributed by atoms with Crippen molar-refractivity contribution in [3.63, 3.8) is 0 Å². The average Bonchev–Trinajstić information content (AvgIpc) is 3.27. The molecule has 0 saturated heterocycles. The number of nitrogens with zero attached hydrogens (tertiary/aromatic N) is 5. The molecule has 10 nitrogen and oxygen atoms in total. The van der Waals surface area contributed by atoms with Gasteiger partial charge in [-0.15, -0.1) is 6.58 Å². The van der Waals surface area contributed by atoms with Crippen LogP contribution >= 0.6 is 0 Å². The second kappa shape index (κ2) is 11.5. The molecule has 218 valence electrons. The molecule has 3 aromatic heterocycles. The van der Waals surface area contributed by atoms with Gasteiger partial charge in [-0.1, -0.05) is 24.3 Å². The van der Waals surface area contributed by atoms with Crippen molar-refractivity contribution in [2.75, 3.05) is 11.9 Å².